The molecule has 0 aliphatic rings. The zero-order valence-corrected chi connectivity index (χ0v) is 7.85. The monoisotopic (exact) mass is 153 g/mol. The molecule has 11 heavy (non-hydrogen) atoms. The minimum atomic E-state index is 0.596. The van der Waals surface area contributed by atoms with Crippen LogP contribution in [0, 0.1) is 5.92 Å². The summed E-state index contributed by atoms with van der Waals surface area (Å²) in [7, 11) is 1.95. The molecule has 0 radical (unpaired) electrons. The van der Waals surface area contributed by atoms with Crippen molar-refractivity contribution < 1.29 is 0 Å². The lowest BCUT2D eigenvalue weighted by Crippen LogP contribution is -2.14. The van der Waals surface area contributed by atoms with Crippen molar-refractivity contribution >= 4 is 0 Å². The van der Waals surface area contributed by atoms with Crippen LogP contribution >= 0.6 is 0 Å². The van der Waals surface area contributed by atoms with Crippen LogP contribution in [0.5, 0.6) is 0 Å². The van der Waals surface area contributed by atoms with Crippen LogP contribution < -0.4 is 5.32 Å². The van der Waals surface area contributed by atoms with E-state index in [9.17, 15) is 0 Å². The highest BCUT2D eigenvalue weighted by molar-refractivity contribution is 5.03. The average Bonchev–Trinajstić information content (AvgIpc) is 2.00. The number of nitrogens with one attached hydrogen (secondary N) is 1. The van der Waals surface area contributed by atoms with Gasteiger partial charge in [0.1, 0.15) is 0 Å². The van der Waals surface area contributed by atoms with Crippen LogP contribution in [0.3, 0.4) is 0 Å². The molecular weight excluding hydrogens is 134 g/mol. The first-order chi connectivity index (χ1) is 5.22. The molecule has 0 aliphatic carbocycles. The standard InChI is InChI=1S/C10H19N/c1-5-6-7-9(2)10(3)8-11-4/h5-6,9,11H,3,7-8H2,1-2,4H3/b6-5-. The summed E-state index contributed by atoms with van der Waals surface area (Å²) in [4.78, 5) is 0. The van der Waals surface area contributed by atoms with Gasteiger partial charge in [-0.05, 0) is 26.3 Å². The van der Waals surface area contributed by atoms with Crippen LogP contribution in [0.2, 0.25) is 0 Å². The third kappa shape index (κ3) is 4.79. The molecule has 0 rings (SSSR count). The van der Waals surface area contributed by atoms with E-state index in [1.54, 1.807) is 0 Å². The number of hydrogen-bond acceptors (Lipinski definition) is 1. The highest BCUT2D eigenvalue weighted by Gasteiger charge is 2.02. The van der Waals surface area contributed by atoms with Gasteiger partial charge in [0.25, 0.3) is 0 Å². The highest BCUT2D eigenvalue weighted by Crippen LogP contribution is 2.11. The molecule has 64 valence electrons. The van der Waals surface area contributed by atoms with Crippen molar-refractivity contribution in [2.45, 2.75) is 20.3 Å². The third-order valence-electron chi connectivity index (χ3n) is 1.83. The van der Waals surface area contributed by atoms with E-state index in [-0.39, 0.29) is 0 Å². The van der Waals surface area contributed by atoms with Crippen LogP contribution in [0.4, 0.5) is 0 Å². The molecule has 0 aliphatic heterocycles. The van der Waals surface area contributed by atoms with Gasteiger partial charge in [-0.25, -0.2) is 0 Å². The maximum atomic E-state index is 4.00. The molecule has 1 N–H and O–H groups in total. The molecule has 0 aromatic heterocycles. The van der Waals surface area contributed by atoms with E-state index in [0.717, 1.165) is 13.0 Å². The van der Waals surface area contributed by atoms with Gasteiger partial charge < -0.3 is 5.32 Å². The maximum absolute atomic E-state index is 4.00. The average molecular weight is 153 g/mol. The van der Waals surface area contributed by atoms with E-state index < -0.39 is 0 Å². The molecule has 0 fully saturated rings. The molecule has 0 aromatic rings. The quantitative estimate of drug-likeness (QED) is 0.598. The highest BCUT2D eigenvalue weighted by atomic mass is 14.8. The first kappa shape index (κ1) is 10.4. The number of rotatable bonds is 5. The minimum Gasteiger partial charge on any atom is -0.316 e. The van der Waals surface area contributed by atoms with Crippen LogP contribution in [-0.4, -0.2) is 13.6 Å². The Balaban J connectivity index is 3.63. The van der Waals surface area contributed by atoms with E-state index in [4.69, 9.17) is 0 Å². The van der Waals surface area contributed by atoms with Gasteiger partial charge in [0, 0.05) is 6.54 Å². The van der Waals surface area contributed by atoms with Crippen molar-refractivity contribution in [1.82, 2.24) is 5.32 Å². The Kier molecular flexibility index (Phi) is 5.86. The molecule has 0 amide bonds. The van der Waals surface area contributed by atoms with Gasteiger partial charge in [-0.1, -0.05) is 31.2 Å². The Morgan fingerprint density at radius 3 is 2.73 bits per heavy atom. The van der Waals surface area contributed by atoms with Crippen molar-refractivity contribution in [3.05, 3.63) is 24.3 Å². The maximum Gasteiger partial charge on any atom is 0.0161 e. The Morgan fingerprint density at radius 2 is 2.27 bits per heavy atom. The first-order valence-corrected chi connectivity index (χ1v) is 4.15. The summed E-state index contributed by atoms with van der Waals surface area (Å²) in [5, 5.41) is 3.10. The Morgan fingerprint density at radius 1 is 1.64 bits per heavy atom. The molecule has 1 nitrogen and oxygen atoms in total. The fourth-order valence-corrected chi connectivity index (χ4v) is 0.908. The van der Waals surface area contributed by atoms with Gasteiger partial charge in [0.2, 0.25) is 0 Å². The molecular formula is C10H19N. The molecule has 0 spiro atoms. The topological polar surface area (TPSA) is 12.0 Å². The second-order valence-electron chi connectivity index (χ2n) is 2.89. The van der Waals surface area contributed by atoms with E-state index >= 15 is 0 Å². The summed E-state index contributed by atoms with van der Waals surface area (Å²) >= 11 is 0. The molecule has 0 saturated carbocycles. The van der Waals surface area contributed by atoms with Gasteiger partial charge in [0.15, 0.2) is 0 Å². The lowest BCUT2D eigenvalue weighted by molar-refractivity contribution is 0.657. The van der Waals surface area contributed by atoms with Gasteiger partial charge >= 0.3 is 0 Å². The van der Waals surface area contributed by atoms with E-state index in [0.29, 0.717) is 5.92 Å². The Hall–Kier alpha value is -0.560. The van der Waals surface area contributed by atoms with Crippen molar-refractivity contribution in [1.29, 1.82) is 0 Å². The summed E-state index contributed by atoms with van der Waals surface area (Å²) in [6.45, 7) is 9.19. The fourth-order valence-electron chi connectivity index (χ4n) is 0.908. The Bertz CT molecular complexity index is 136. The molecule has 1 atom stereocenters. The first-order valence-electron chi connectivity index (χ1n) is 4.15. The number of allylic oxidation sites excluding steroid dienone is 2. The largest absolute Gasteiger partial charge is 0.316 e. The lowest BCUT2D eigenvalue weighted by Gasteiger charge is -2.11. The molecule has 0 bridgehead atoms. The van der Waals surface area contributed by atoms with Gasteiger partial charge in [-0.2, -0.15) is 0 Å². The molecule has 0 heterocycles. The van der Waals surface area contributed by atoms with Crippen LogP contribution in [-0.2, 0) is 0 Å². The lowest BCUT2D eigenvalue weighted by atomic mass is 9.99. The molecule has 0 aromatic carbocycles. The SMILES string of the molecule is C=C(CNC)C(C)C/C=C\C. The summed E-state index contributed by atoms with van der Waals surface area (Å²) < 4.78 is 0. The van der Waals surface area contributed by atoms with E-state index in [1.807, 2.05) is 14.0 Å². The normalized spacial score (nSPS) is 13.7. The van der Waals surface area contributed by atoms with Crippen molar-refractivity contribution in [3.8, 4) is 0 Å². The number of hydrogen-bond donors (Lipinski definition) is 1. The number of likely N-dealkylation sites (N-methyl/N-ethyl adjacent to an activating group) is 1. The second kappa shape index (κ2) is 6.17. The van der Waals surface area contributed by atoms with Crippen molar-refractivity contribution in [3.63, 3.8) is 0 Å². The zero-order valence-electron chi connectivity index (χ0n) is 7.85. The van der Waals surface area contributed by atoms with Crippen LogP contribution in [0.15, 0.2) is 24.3 Å². The fraction of sp³-hybridized carbons (Fsp3) is 0.600. The van der Waals surface area contributed by atoms with E-state index in [1.165, 1.54) is 5.57 Å². The third-order valence-corrected chi connectivity index (χ3v) is 1.83. The summed E-state index contributed by atoms with van der Waals surface area (Å²) in [5.74, 6) is 0.596. The molecule has 1 heteroatoms. The van der Waals surface area contributed by atoms with Gasteiger partial charge in [0.05, 0.1) is 0 Å². The van der Waals surface area contributed by atoms with Crippen molar-refractivity contribution in [2.24, 2.45) is 5.92 Å². The molecule has 1 unspecified atom stereocenters. The smallest absolute Gasteiger partial charge is 0.0161 e. The Labute approximate surface area is 70.2 Å². The summed E-state index contributed by atoms with van der Waals surface area (Å²) in [6.07, 6.45) is 5.38. The predicted octanol–water partition coefficient (Wildman–Crippen LogP) is 2.36. The zero-order chi connectivity index (χ0) is 8.69. The second-order valence-corrected chi connectivity index (χ2v) is 2.89. The van der Waals surface area contributed by atoms with Crippen LogP contribution in [0.1, 0.15) is 20.3 Å². The summed E-state index contributed by atoms with van der Waals surface area (Å²) in [6, 6.07) is 0. The molecule has 0 saturated heterocycles. The van der Waals surface area contributed by atoms with E-state index in [2.05, 4.69) is 31.0 Å². The minimum absolute atomic E-state index is 0.596. The van der Waals surface area contributed by atoms with Gasteiger partial charge in [-0.15, -0.1) is 0 Å². The van der Waals surface area contributed by atoms with Crippen LogP contribution in [0.25, 0.3) is 0 Å². The summed E-state index contributed by atoms with van der Waals surface area (Å²) in [5.41, 5.74) is 1.28. The van der Waals surface area contributed by atoms with Gasteiger partial charge in [-0.3, -0.25) is 0 Å². The van der Waals surface area contributed by atoms with Crippen molar-refractivity contribution in [2.75, 3.05) is 13.6 Å². The predicted molar refractivity (Wildman–Crippen MR) is 51.7 cm³/mol.